The van der Waals surface area contributed by atoms with Crippen LogP contribution in [0, 0.1) is 13.8 Å². The number of hydrogen-bond donors (Lipinski definition) is 2. The van der Waals surface area contributed by atoms with Crippen molar-refractivity contribution in [2.45, 2.75) is 38.7 Å². The van der Waals surface area contributed by atoms with Crippen molar-refractivity contribution in [1.29, 1.82) is 0 Å². The number of carbonyl (C=O) groups excluding carboxylic acids is 1. The first-order valence-electron chi connectivity index (χ1n) is 8.51. The number of aliphatic hydroxyl groups is 1. The zero-order valence-electron chi connectivity index (χ0n) is 14.6. The van der Waals surface area contributed by atoms with E-state index in [2.05, 4.69) is 9.97 Å². The summed E-state index contributed by atoms with van der Waals surface area (Å²) < 4.78 is 0. The largest absolute Gasteiger partial charge is 0.383 e. The zero-order valence-corrected chi connectivity index (χ0v) is 14.6. The maximum absolute atomic E-state index is 12.5. The van der Waals surface area contributed by atoms with Gasteiger partial charge in [-0.15, -0.1) is 0 Å². The molecule has 1 aliphatic rings. The van der Waals surface area contributed by atoms with E-state index < -0.39 is 5.60 Å². The number of rotatable bonds is 4. The van der Waals surface area contributed by atoms with Crippen molar-refractivity contribution in [3.05, 3.63) is 63.3 Å². The fraction of sp³-hybridized carbons (Fsp3) is 0.421. The molecule has 3 rings (SSSR count). The van der Waals surface area contributed by atoms with Crippen molar-refractivity contribution in [2.24, 2.45) is 0 Å². The van der Waals surface area contributed by atoms with E-state index in [9.17, 15) is 14.7 Å². The van der Waals surface area contributed by atoms with Gasteiger partial charge in [-0.05, 0) is 37.8 Å². The summed E-state index contributed by atoms with van der Waals surface area (Å²) in [4.78, 5) is 32.2. The summed E-state index contributed by atoms with van der Waals surface area (Å²) in [6.45, 7) is 4.47. The van der Waals surface area contributed by atoms with E-state index in [0.717, 1.165) is 16.8 Å². The average molecular weight is 341 g/mol. The Labute approximate surface area is 146 Å². The van der Waals surface area contributed by atoms with Crippen LogP contribution in [-0.4, -0.2) is 39.0 Å². The molecule has 0 bridgehead atoms. The molecule has 1 aliphatic heterocycles. The predicted molar refractivity (Wildman–Crippen MR) is 94.2 cm³/mol. The number of β-amino-alcohol motifs (C(OH)–C–C–N with tert-alkyl or cyclic N) is 1. The molecule has 132 valence electrons. The lowest BCUT2D eigenvalue weighted by Gasteiger charge is -2.24. The normalized spacial score (nSPS) is 20.0. The number of hydrogen-bond acceptors (Lipinski definition) is 4. The molecular weight excluding hydrogens is 318 g/mol. The van der Waals surface area contributed by atoms with Crippen LogP contribution in [0.15, 0.2) is 35.1 Å². The van der Waals surface area contributed by atoms with Gasteiger partial charge in [0, 0.05) is 24.4 Å². The van der Waals surface area contributed by atoms with Gasteiger partial charge in [-0.1, -0.05) is 30.3 Å². The molecule has 2 aromatic rings. The van der Waals surface area contributed by atoms with Gasteiger partial charge in [-0.25, -0.2) is 4.79 Å². The molecule has 1 atom stereocenters. The van der Waals surface area contributed by atoms with Crippen molar-refractivity contribution < 1.29 is 9.90 Å². The van der Waals surface area contributed by atoms with Crippen LogP contribution in [0.1, 0.15) is 35.4 Å². The highest BCUT2D eigenvalue weighted by molar-refractivity contribution is 5.77. The first-order valence-corrected chi connectivity index (χ1v) is 8.51. The summed E-state index contributed by atoms with van der Waals surface area (Å²) in [6, 6.07) is 9.49. The second kappa shape index (κ2) is 6.80. The molecule has 1 unspecified atom stereocenters. The van der Waals surface area contributed by atoms with Gasteiger partial charge in [0.2, 0.25) is 5.91 Å². The lowest BCUT2D eigenvalue weighted by molar-refractivity contribution is -0.131. The first kappa shape index (κ1) is 17.4. The molecule has 6 heteroatoms. The molecule has 1 aromatic heterocycles. The fourth-order valence-electron chi connectivity index (χ4n) is 3.50. The SMILES string of the molecule is Cc1nc(=O)[nH]c(C)c1CCC(=O)N1CCC(O)(c2ccccc2)C1. The first-order chi connectivity index (χ1) is 11.9. The number of likely N-dealkylation sites (tertiary alicyclic amines) is 1. The highest BCUT2D eigenvalue weighted by Crippen LogP contribution is 2.32. The molecule has 0 saturated carbocycles. The molecule has 6 nitrogen and oxygen atoms in total. The van der Waals surface area contributed by atoms with Crippen LogP contribution in [0.25, 0.3) is 0 Å². The molecule has 1 saturated heterocycles. The van der Waals surface area contributed by atoms with Crippen molar-refractivity contribution in [2.75, 3.05) is 13.1 Å². The maximum atomic E-state index is 12.5. The van der Waals surface area contributed by atoms with Gasteiger partial charge in [0.25, 0.3) is 0 Å². The third-order valence-electron chi connectivity index (χ3n) is 4.95. The topological polar surface area (TPSA) is 86.3 Å². The van der Waals surface area contributed by atoms with Gasteiger partial charge in [0.1, 0.15) is 5.60 Å². The minimum atomic E-state index is -0.970. The van der Waals surface area contributed by atoms with Gasteiger partial charge < -0.3 is 15.0 Å². The third kappa shape index (κ3) is 3.64. The number of H-pyrrole nitrogens is 1. The number of aromatic nitrogens is 2. The summed E-state index contributed by atoms with van der Waals surface area (Å²) in [7, 11) is 0. The Bertz CT molecular complexity index is 805. The quantitative estimate of drug-likeness (QED) is 0.881. The molecule has 0 aliphatic carbocycles. The van der Waals surface area contributed by atoms with Crippen LogP contribution in [-0.2, 0) is 16.8 Å². The molecule has 1 aromatic carbocycles. The molecule has 1 fully saturated rings. The summed E-state index contributed by atoms with van der Waals surface area (Å²) in [6.07, 6.45) is 1.40. The summed E-state index contributed by atoms with van der Waals surface area (Å²) in [5.74, 6) is 0.0110. The minimum Gasteiger partial charge on any atom is -0.383 e. The Morgan fingerprint density at radius 3 is 2.72 bits per heavy atom. The van der Waals surface area contributed by atoms with E-state index in [1.807, 2.05) is 37.3 Å². The van der Waals surface area contributed by atoms with E-state index in [1.165, 1.54) is 0 Å². The number of aromatic amines is 1. The van der Waals surface area contributed by atoms with Crippen LogP contribution in [0.4, 0.5) is 0 Å². The lowest BCUT2D eigenvalue weighted by Crippen LogP contribution is -2.34. The molecular formula is C19H23N3O3. The number of carbonyl (C=O) groups is 1. The molecule has 2 heterocycles. The Morgan fingerprint density at radius 1 is 1.32 bits per heavy atom. The average Bonchev–Trinajstić information content (AvgIpc) is 2.98. The maximum Gasteiger partial charge on any atom is 0.345 e. The Hall–Kier alpha value is -2.47. The molecule has 0 spiro atoms. The number of amides is 1. The van der Waals surface area contributed by atoms with Crippen molar-refractivity contribution in [3.63, 3.8) is 0 Å². The van der Waals surface area contributed by atoms with Crippen LogP contribution >= 0.6 is 0 Å². The standard InChI is InChI=1S/C19H23N3O3/c1-13-16(14(2)21-18(24)20-13)8-9-17(23)22-11-10-19(25,12-22)15-6-4-3-5-7-15/h3-7,25H,8-12H2,1-2H3,(H,20,21,24). The van der Waals surface area contributed by atoms with E-state index in [1.54, 1.807) is 11.8 Å². The van der Waals surface area contributed by atoms with Gasteiger partial charge >= 0.3 is 5.69 Å². The summed E-state index contributed by atoms with van der Waals surface area (Å²) in [5.41, 5.74) is 1.84. The lowest BCUT2D eigenvalue weighted by atomic mass is 9.93. The monoisotopic (exact) mass is 341 g/mol. The Kier molecular flexibility index (Phi) is 4.72. The van der Waals surface area contributed by atoms with Gasteiger partial charge in [0.15, 0.2) is 0 Å². The zero-order chi connectivity index (χ0) is 18.0. The summed E-state index contributed by atoms with van der Waals surface area (Å²) >= 11 is 0. The van der Waals surface area contributed by atoms with Crippen molar-refractivity contribution in [1.82, 2.24) is 14.9 Å². The molecule has 25 heavy (non-hydrogen) atoms. The number of benzene rings is 1. The van der Waals surface area contributed by atoms with E-state index in [-0.39, 0.29) is 11.6 Å². The van der Waals surface area contributed by atoms with Crippen LogP contribution < -0.4 is 5.69 Å². The Morgan fingerprint density at radius 2 is 2.04 bits per heavy atom. The second-order valence-electron chi connectivity index (χ2n) is 6.69. The highest BCUT2D eigenvalue weighted by atomic mass is 16.3. The highest BCUT2D eigenvalue weighted by Gasteiger charge is 2.39. The molecule has 0 radical (unpaired) electrons. The molecule has 2 N–H and O–H groups in total. The van der Waals surface area contributed by atoms with Crippen molar-refractivity contribution in [3.8, 4) is 0 Å². The summed E-state index contributed by atoms with van der Waals surface area (Å²) in [5, 5.41) is 10.8. The Balaban J connectivity index is 1.65. The van der Waals surface area contributed by atoms with Crippen LogP contribution in [0.2, 0.25) is 0 Å². The van der Waals surface area contributed by atoms with E-state index >= 15 is 0 Å². The number of nitrogens with zero attached hydrogens (tertiary/aromatic N) is 2. The van der Waals surface area contributed by atoms with Gasteiger partial charge in [-0.2, -0.15) is 4.98 Å². The van der Waals surface area contributed by atoms with Crippen LogP contribution in [0.5, 0.6) is 0 Å². The van der Waals surface area contributed by atoms with E-state index in [4.69, 9.17) is 0 Å². The second-order valence-corrected chi connectivity index (χ2v) is 6.69. The number of aryl methyl sites for hydroxylation is 2. The fourth-order valence-corrected chi connectivity index (χ4v) is 3.50. The van der Waals surface area contributed by atoms with Crippen molar-refractivity contribution >= 4 is 5.91 Å². The van der Waals surface area contributed by atoms with Gasteiger partial charge in [-0.3, -0.25) is 4.79 Å². The smallest absolute Gasteiger partial charge is 0.345 e. The minimum absolute atomic E-state index is 0.0110. The number of nitrogens with one attached hydrogen (secondary N) is 1. The predicted octanol–water partition coefficient (Wildman–Crippen LogP) is 1.44. The van der Waals surface area contributed by atoms with Gasteiger partial charge in [0.05, 0.1) is 6.54 Å². The third-order valence-corrected chi connectivity index (χ3v) is 4.95. The molecule has 1 amide bonds. The van der Waals surface area contributed by atoms with Crippen LogP contribution in [0.3, 0.4) is 0 Å². The van der Waals surface area contributed by atoms with E-state index in [0.29, 0.717) is 38.0 Å².